The first-order chi connectivity index (χ1) is 12.1. The Balaban J connectivity index is 1.57. The molecule has 2 saturated heterocycles. The number of nitrogens with zero attached hydrogens (tertiary/aromatic N) is 1. The van der Waals surface area contributed by atoms with E-state index in [0.29, 0.717) is 12.8 Å². The number of benzene rings is 1. The van der Waals surface area contributed by atoms with E-state index in [9.17, 15) is 14.4 Å². The first-order valence-electron chi connectivity index (χ1n) is 8.22. The Kier molecular flexibility index (Phi) is 5.18. The number of carbonyl (C=O) groups excluding carboxylic acids is 3. The van der Waals surface area contributed by atoms with E-state index < -0.39 is 24.4 Å². The second-order valence-corrected chi connectivity index (χ2v) is 6.00. The van der Waals surface area contributed by atoms with Crippen LogP contribution in [0.2, 0.25) is 0 Å². The highest BCUT2D eigenvalue weighted by molar-refractivity contribution is 5.92. The molecule has 2 fully saturated rings. The number of alkyl carbamates (subject to hydrolysis) is 1. The Hall–Kier alpha value is -2.61. The minimum absolute atomic E-state index is 0.129. The van der Waals surface area contributed by atoms with Crippen molar-refractivity contribution in [1.82, 2.24) is 15.5 Å². The first kappa shape index (κ1) is 17.2. The highest BCUT2D eigenvalue weighted by Gasteiger charge is 2.47. The number of fused-ring (bicyclic) bond motifs is 1. The summed E-state index contributed by atoms with van der Waals surface area (Å²) in [6.07, 6.45) is -0.0607. The molecule has 8 heteroatoms. The van der Waals surface area contributed by atoms with E-state index in [-0.39, 0.29) is 25.0 Å². The van der Waals surface area contributed by atoms with Crippen LogP contribution in [0.1, 0.15) is 18.4 Å². The Morgan fingerprint density at radius 1 is 1.28 bits per heavy atom. The molecule has 3 amide bonds. The second-order valence-electron chi connectivity index (χ2n) is 6.00. The molecule has 1 aromatic rings. The summed E-state index contributed by atoms with van der Waals surface area (Å²) >= 11 is 0. The number of carbonyl (C=O) groups is 3. The zero-order chi connectivity index (χ0) is 17.8. The lowest BCUT2D eigenvalue weighted by atomic mass is 10.0. The largest absolute Gasteiger partial charge is 0.445 e. The molecule has 2 N–H and O–H groups in total. The van der Waals surface area contributed by atoms with Crippen LogP contribution in [0, 0.1) is 0 Å². The van der Waals surface area contributed by atoms with E-state index in [1.54, 1.807) is 0 Å². The van der Waals surface area contributed by atoms with Gasteiger partial charge in [0.1, 0.15) is 24.9 Å². The van der Waals surface area contributed by atoms with Gasteiger partial charge in [-0.3, -0.25) is 9.59 Å². The number of nitrogens with one attached hydrogen (secondary N) is 2. The van der Waals surface area contributed by atoms with E-state index in [1.807, 2.05) is 30.3 Å². The number of amides is 3. The molecule has 0 saturated carbocycles. The lowest BCUT2D eigenvalue weighted by Gasteiger charge is -2.35. The molecule has 2 aliphatic rings. The number of hydrogen-bond acceptors (Lipinski definition) is 5. The van der Waals surface area contributed by atoms with Gasteiger partial charge in [-0.15, -0.1) is 0 Å². The number of piperidine rings is 1. The molecule has 8 nitrogen and oxygen atoms in total. The summed E-state index contributed by atoms with van der Waals surface area (Å²) in [5, 5.41) is 5.12. The lowest BCUT2D eigenvalue weighted by molar-refractivity contribution is -0.148. The summed E-state index contributed by atoms with van der Waals surface area (Å²) in [4.78, 5) is 37.9. The molecular weight excluding hydrogens is 326 g/mol. The van der Waals surface area contributed by atoms with Crippen molar-refractivity contribution in [1.29, 1.82) is 0 Å². The summed E-state index contributed by atoms with van der Waals surface area (Å²) in [5.74, 6) is -0.595. The molecule has 0 radical (unpaired) electrons. The van der Waals surface area contributed by atoms with Gasteiger partial charge in [0.25, 0.3) is 0 Å². The van der Waals surface area contributed by atoms with Gasteiger partial charge in [-0.1, -0.05) is 30.3 Å². The Morgan fingerprint density at radius 3 is 2.76 bits per heavy atom. The Labute approximate surface area is 145 Å². The SMILES string of the molecule is CNC(=O)[C@@H]1CO[C@@H]2CC[C@H](NC(=O)OCc3ccccc3)C(=O)N21. The van der Waals surface area contributed by atoms with E-state index in [0.717, 1.165) is 5.56 Å². The van der Waals surface area contributed by atoms with Gasteiger partial charge in [0.15, 0.2) is 0 Å². The van der Waals surface area contributed by atoms with Gasteiger partial charge in [-0.25, -0.2) is 4.79 Å². The molecule has 0 unspecified atom stereocenters. The molecule has 2 aliphatic heterocycles. The van der Waals surface area contributed by atoms with Crippen molar-refractivity contribution in [2.45, 2.75) is 37.8 Å². The van der Waals surface area contributed by atoms with Crippen LogP contribution >= 0.6 is 0 Å². The van der Waals surface area contributed by atoms with Crippen LogP contribution in [0.25, 0.3) is 0 Å². The van der Waals surface area contributed by atoms with Crippen LogP contribution in [0.4, 0.5) is 4.79 Å². The zero-order valence-corrected chi connectivity index (χ0v) is 13.9. The van der Waals surface area contributed by atoms with E-state index in [1.165, 1.54) is 11.9 Å². The fourth-order valence-corrected chi connectivity index (χ4v) is 3.10. The molecule has 134 valence electrons. The average Bonchev–Trinajstić information content (AvgIpc) is 3.07. The third kappa shape index (κ3) is 3.74. The maximum atomic E-state index is 12.6. The predicted molar refractivity (Wildman–Crippen MR) is 87.2 cm³/mol. The van der Waals surface area contributed by atoms with Crippen LogP contribution in [0.3, 0.4) is 0 Å². The monoisotopic (exact) mass is 347 g/mol. The average molecular weight is 347 g/mol. The molecule has 3 atom stereocenters. The van der Waals surface area contributed by atoms with Gasteiger partial charge < -0.3 is 25.0 Å². The maximum absolute atomic E-state index is 12.6. The van der Waals surface area contributed by atoms with Crippen LogP contribution in [0.5, 0.6) is 0 Å². The third-order valence-electron chi connectivity index (χ3n) is 4.40. The van der Waals surface area contributed by atoms with Crippen LogP contribution in [-0.4, -0.2) is 54.8 Å². The molecule has 0 bridgehead atoms. The predicted octanol–water partition coefficient (Wildman–Crippen LogP) is 0.375. The van der Waals surface area contributed by atoms with Gasteiger partial charge in [-0.2, -0.15) is 0 Å². The van der Waals surface area contributed by atoms with Gasteiger partial charge in [0, 0.05) is 7.05 Å². The molecule has 0 aromatic heterocycles. The molecule has 2 heterocycles. The van der Waals surface area contributed by atoms with Crippen LogP contribution < -0.4 is 10.6 Å². The van der Waals surface area contributed by atoms with Crippen molar-refractivity contribution in [2.75, 3.05) is 13.7 Å². The normalized spacial score (nSPS) is 25.2. The van der Waals surface area contributed by atoms with Gasteiger partial charge in [0.2, 0.25) is 11.8 Å². The van der Waals surface area contributed by atoms with Gasteiger partial charge >= 0.3 is 6.09 Å². The zero-order valence-electron chi connectivity index (χ0n) is 13.9. The van der Waals surface area contributed by atoms with Crippen LogP contribution in [0.15, 0.2) is 30.3 Å². The van der Waals surface area contributed by atoms with Crippen molar-refractivity contribution in [3.05, 3.63) is 35.9 Å². The Bertz CT molecular complexity index is 651. The summed E-state index contributed by atoms with van der Waals surface area (Å²) in [6.45, 7) is 0.297. The molecule has 0 aliphatic carbocycles. The van der Waals surface area contributed by atoms with Crippen molar-refractivity contribution >= 4 is 17.9 Å². The van der Waals surface area contributed by atoms with Crippen molar-refractivity contribution < 1.29 is 23.9 Å². The molecular formula is C17H21N3O5. The molecule has 3 rings (SSSR count). The summed E-state index contributed by atoms with van der Waals surface area (Å²) in [5.41, 5.74) is 0.861. The number of ether oxygens (including phenoxy) is 2. The molecule has 25 heavy (non-hydrogen) atoms. The summed E-state index contributed by atoms with van der Waals surface area (Å²) in [6, 6.07) is 7.90. The van der Waals surface area contributed by atoms with E-state index >= 15 is 0 Å². The standard InChI is InChI=1S/C17H21N3O5/c1-18-15(21)13-10-24-14-8-7-12(16(22)20(13)14)19-17(23)25-9-11-5-3-2-4-6-11/h2-6,12-14H,7-10H2,1H3,(H,18,21)(H,19,23)/t12-,13-,14+/m0/s1. The minimum atomic E-state index is -0.714. The fourth-order valence-electron chi connectivity index (χ4n) is 3.10. The number of hydrogen-bond donors (Lipinski definition) is 2. The molecule has 1 aromatic carbocycles. The van der Waals surface area contributed by atoms with Gasteiger partial charge in [0.05, 0.1) is 6.61 Å². The highest BCUT2D eigenvalue weighted by Crippen LogP contribution is 2.27. The lowest BCUT2D eigenvalue weighted by Crippen LogP contribution is -2.59. The van der Waals surface area contributed by atoms with Crippen molar-refractivity contribution in [3.8, 4) is 0 Å². The van der Waals surface area contributed by atoms with Gasteiger partial charge in [-0.05, 0) is 18.4 Å². The topological polar surface area (TPSA) is 97.0 Å². The second kappa shape index (κ2) is 7.52. The summed E-state index contributed by atoms with van der Waals surface area (Å²) < 4.78 is 10.7. The minimum Gasteiger partial charge on any atom is -0.445 e. The molecule has 0 spiro atoms. The maximum Gasteiger partial charge on any atom is 0.408 e. The van der Waals surface area contributed by atoms with Crippen molar-refractivity contribution in [3.63, 3.8) is 0 Å². The van der Waals surface area contributed by atoms with E-state index in [2.05, 4.69) is 10.6 Å². The Morgan fingerprint density at radius 2 is 2.04 bits per heavy atom. The van der Waals surface area contributed by atoms with Crippen molar-refractivity contribution in [2.24, 2.45) is 0 Å². The number of likely N-dealkylation sites (N-methyl/N-ethyl adjacent to an activating group) is 1. The van der Waals surface area contributed by atoms with Crippen LogP contribution in [-0.2, 0) is 25.7 Å². The smallest absolute Gasteiger partial charge is 0.408 e. The number of rotatable bonds is 4. The summed E-state index contributed by atoms with van der Waals surface area (Å²) in [7, 11) is 1.51. The fraction of sp³-hybridized carbons (Fsp3) is 0.471. The van der Waals surface area contributed by atoms with E-state index in [4.69, 9.17) is 9.47 Å². The third-order valence-corrected chi connectivity index (χ3v) is 4.40. The highest BCUT2D eigenvalue weighted by atomic mass is 16.5. The quantitative estimate of drug-likeness (QED) is 0.820. The first-order valence-corrected chi connectivity index (χ1v) is 8.22.